The minimum absolute atomic E-state index is 0.110. The van der Waals surface area contributed by atoms with E-state index in [9.17, 15) is 4.79 Å². The normalized spacial score (nSPS) is 10.9. The molecule has 3 nitrogen and oxygen atoms in total. The summed E-state index contributed by atoms with van der Waals surface area (Å²) >= 11 is 9.06. The Morgan fingerprint density at radius 1 is 1.17 bits per heavy atom. The van der Waals surface area contributed by atoms with Crippen molar-refractivity contribution < 1.29 is 4.79 Å². The number of benzene rings is 2. The van der Waals surface area contributed by atoms with Gasteiger partial charge in [0.05, 0.1) is 12.0 Å². The van der Waals surface area contributed by atoms with Crippen LogP contribution < -0.4 is 5.43 Å². The Balaban J connectivity index is 1.69. The highest BCUT2D eigenvalue weighted by Gasteiger charge is 2.01. The van der Waals surface area contributed by atoms with E-state index in [0.29, 0.717) is 5.75 Å². The summed E-state index contributed by atoms with van der Waals surface area (Å²) in [7, 11) is 0. The number of hydrogen-bond acceptors (Lipinski definition) is 4. The fourth-order valence-electron chi connectivity index (χ4n) is 1.74. The number of rotatable bonds is 7. The molecule has 0 aliphatic carbocycles. The smallest absolute Gasteiger partial charge is 0.250 e. The molecule has 2 aromatic rings. The molecule has 23 heavy (non-hydrogen) atoms. The predicted molar refractivity (Wildman–Crippen MR) is 102 cm³/mol. The second-order valence-electron chi connectivity index (χ2n) is 4.69. The zero-order valence-electron chi connectivity index (χ0n) is 12.7. The van der Waals surface area contributed by atoms with E-state index in [1.165, 1.54) is 16.7 Å². The van der Waals surface area contributed by atoms with Gasteiger partial charge in [0.1, 0.15) is 0 Å². The lowest BCUT2D eigenvalue weighted by Crippen LogP contribution is -2.19. The van der Waals surface area contributed by atoms with Gasteiger partial charge in [-0.25, -0.2) is 5.43 Å². The second kappa shape index (κ2) is 9.65. The third-order valence-corrected chi connectivity index (χ3v) is 4.93. The van der Waals surface area contributed by atoms with E-state index >= 15 is 0 Å². The minimum Gasteiger partial charge on any atom is -0.272 e. The van der Waals surface area contributed by atoms with E-state index in [4.69, 9.17) is 11.6 Å². The van der Waals surface area contributed by atoms with Gasteiger partial charge < -0.3 is 0 Å². The molecule has 0 aliphatic rings. The Morgan fingerprint density at radius 2 is 1.87 bits per heavy atom. The number of thioether (sulfide) groups is 2. The molecule has 0 atom stereocenters. The lowest BCUT2D eigenvalue weighted by atomic mass is 10.2. The molecular weight excluding hydrogens is 348 g/mol. The number of amides is 1. The molecule has 0 saturated heterocycles. The predicted octanol–water partition coefficient (Wildman–Crippen LogP) is 4.45. The zero-order valence-corrected chi connectivity index (χ0v) is 15.0. The van der Waals surface area contributed by atoms with Crippen LogP contribution in [-0.4, -0.2) is 24.1 Å². The molecule has 0 fully saturated rings. The highest BCUT2D eigenvalue weighted by atomic mass is 35.5. The summed E-state index contributed by atoms with van der Waals surface area (Å²) in [5, 5.41) is 4.69. The van der Waals surface area contributed by atoms with Gasteiger partial charge >= 0.3 is 0 Å². The van der Waals surface area contributed by atoms with Crippen molar-refractivity contribution >= 4 is 47.2 Å². The summed E-state index contributed by atoms with van der Waals surface area (Å²) < 4.78 is 0. The Morgan fingerprint density at radius 3 is 2.52 bits per heavy atom. The van der Waals surface area contributed by atoms with Crippen LogP contribution in [0.5, 0.6) is 0 Å². The van der Waals surface area contributed by atoms with Crippen LogP contribution in [0.2, 0.25) is 5.02 Å². The molecule has 6 heteroatoms. The van der Waals surface area contributed by atoms with E-state index in [2.05, 4.69) is 10.5 Å². The summed E-state index contributed by atoms with van der Waals surface area (Å²) in [6.07, 6.45) is 3.68. The van der Waals surface area contributed by atoms with Crippen molar-refractivity contribution in [2.24, 2.45) is 5.10 Å². The SMILES string of the molecule is CSc1ccc(/C=N/NC(=O)CSCc2ccc(Cl)cc2)cc1. The molecular formula is C17H17ClN2OS2. The van der Waals surface area contributed by atoms with Crippen LogP contribution in [-0.2, 0) is 10.5 Å². The van der Waals surface area contributed by atoms with E-state index in [1.54, 1.807) is 18.0 Å². The first-order valence-electron chi connectivity index (χ1n) is 6.95. The van der Waals surface area contributed by atoms with Gasteiger partial charge in [0.25, 0.3) is 0 Å². The highest BCUT2D eigenvalue weighted by molar-refractivity contribution is 7.99. The van der Waals surface area contributed by atoms with Crippen molar-refractivity contribution in [3.8, 4) is 0 Å². The number of nitrogens with zero attached hydrogens (tertiary/aromatic N) is 1. The van der Waals surface area contributed by atoms with Gasteiger partial charge in [-0.05, 0) is 41.6 Å². The van der Waals surface area contributed by atoms with Gasteiger partial charge in [-0.2, -0.15) is 5.10 Å². The number of carbonyl (C=O) groups is 1. The first-order chi connectivity index (χ1) is 11.2. The van der Waals surface area contributed by atoms with Crippen LogP contribution in [0.15, 0.2) is 58.5 Å². The maximum atomic E-state index is 11.7. The first-order valence-corrected chi connectivity index (χ1v) is 9.71. The molecule has 2 rings (SSSR count). The lowest BCUT2D eigenvalue weighted by Gasteiger charge is -2.02. The third-order valence-electron chi connectivity index (χ3n) is 2.93. The molecule has 0 aliphatic heterocycles. The molecule has 0 aromatic heterocycles. The Bertz CT molecular complexity index is 657. The van der Waals surface area contributed by atoms with Crippen molar-refractivity contribution in [2.75, 3.05) is 12.0 Å². The van der Waals surface area contributed by atoms with Gasteiger partial charge in [0.15, 0.2) is 0 Å². The number of hydrazone groups is 1. The standard InChI is InChI=1S/C17H17ClN2OS2/c1-22-16-8-4-13(5-9-16)10-19-20-17(21)12-23-11-14-2-6-15(18)7-3-14/h2-10H,11-12H2,1H3,(H,20,21)/b19-10+. The Hall–Kier alpha value is -1.43. The van der Waals surface area contributed by atoms with Crippen LogP contribution in [0.25, 0.3) is 0 Å². The van der Waals surface area contributed by atoms with E-state index in [0.717, 1.165) is 21.9 Å². The number of halogens is 1. The molecule has 0 unspecified atom stereocenters. The van der Waals surface area contributed by atoms with Crippen molar-refractivity contribution in [2.45, 2.75) is 10.6 Å². The van der Waals surface area contributed by atoms with Crippen LogP contribution >= 0.6 is 35.1 Å². The zero-order chi connectivity index (χ0) is 16.5. The molecule has 0 bridgehead atoms. The maximum Gasteiger partial charge on any atom is 0.250 e. The summed E-state index contributed by atoms with van der Waals surface area (Å²) in [4.78, 5) is 12.9. The van der Waals surface area contributed by atoms with Gasteiger partial charge in [0, 0.05) is 15.7 Å². The van der Waals surface area contributed by atoms with E-state index in [1.807, 2.05) is 54.8 Å². The molecule has 1 N–H and O–H groups in total. The van der Waals surface area contributed by atoms with Crippen molar-refractivity contribution in [1.82, 2.24) is 5.43 Å². The molecule has 1 amide bonds. The summed E-state index contributed by atoms with van der Waals surface area (Å²) in [5.74, 6) is 1.02. The minimum atomic E-state index is -0.110. The van der Waals surface area contributed by atoms with E-state index in [-0.39, 0.29) is 5.91 Å². The number of nitrogens with one attached hydrogen (secondary N) is 1. The monoisotopic (exact) mass is 364 g/mol. The van der Waals surface area contributed by atoms with Crippen molar-refractivity contribution in [3.63, 3.8) is 0 Å². The Kier molecular flexibility index (Phi) is 7.52. The summed E-state index contributed by atoms with van der Waals surface area (Å²) in [6.45, 7) is 0. The highest BCUT2D eigenvalue weighted by Crippen LogP contribution is 2.15. The van der Waals surface area contributed by atoms with Gasteiger partial charge in [0.2, 0.25) is 5.91 Å². The average Bonchev–Trinajstić information content (AvgIpc) is 2.57. The van der Waals surface area contributed by atoms with Gasteiger partial charge in [-0.3, -0.25) is 4.79 Å². The third kappa shape index (κ3) is 6.69. The molecule has 0 saturated carbocycles. The molecule has 2 aromatic carbocycles. The second-order valence-corrected chi connectivity index (χ2v) is 6.99. The average molecular weight is 365 g/mol. The van der Waals surface area contributed by atoms with Gasteiger partial charge in [-0.1, -0.05) is 35.9 Å². The fourth-order valence-corrected chi connectivity index (χ4v) is 3.06. The Labute approximate surface area is 149 Å². The number of hydrogen-bond donors (Lipinski definition) is 1. The first kappa shape index (κ1) is 17.9. The summed E-state index contributed by atoms with van der Waals surface area (Å²) in [5.41, 5.74) is 4.64. The molecule has 0 heterocycles. The summed E-state index contributed by atoms with van der Waals surface area (Å²) in [6, 6.07) is 15.6. The van der Waals surface area contributed by atoms with Crippen LogP contribution in [0, 0.1) is 0 Å². The van der Waals surface area contributed by atoms with Gasteiger partial charge in [-0.15, -0.1) is 23.5 Å². The largest absolute Gasteiger partial charge is 0.272 e. The molecule has 120 valence electrons. The quantitative estimate of drug-likeness (QED) is 0.448. The molecule has 0 spiro atoms. The van der Waals surface area contributed by atoms with Crippen LogP contribution in [0.3, 0.4) is 0 Å². The van der Waals surface area contributed by atoms with E-state index < -0.39 is 0 Å². The topological polar surface area (TPSA) is 41.5 Å². The van der Waals surface area contributed by atoms with Crippen molar-refractivity contribution in [1.29, 1.82) is 0 Å². The van der Waals surface area contributed by atoms with Crippen LogP contribution in [0.4, 0.5) is 0 Å². The maximum absolute atomic E-state index is 11.7. The van der Waals surface area contributed by atoms with Crippen LogP contribution in [0.1, 0.15) is 11.1 Å². The molecule has 0 radical (unpaired) electrons. The fraction of sp³-hybridized carbons (Fsp3) is 0.176. The number of carbonyl (C=O) groups excluding carboxylic acids is 1. The lowest BCUT2D eigenvalue weighted by molar-refractivity contribution is -0.118. The van der Waals surface area contributed by atoms with Crippen molar-refractivity contribution in [3.05, 3.63) is 64.7 Å².